The van der Waals surface area contributed by atoms with Gasteiger partial charge in [0.25, 0.3) is 10.0 Å². The van der Waals surface area contributed by atoms with Crippen LogP contribution in [-0.4, -0.2) is 34.4 Å². The molecule has 1 heterocycles. The fraction of sp³-hybridized carbons (Fsp3) is 0.250. The monoisotopic (exact) mass is 310 g/mol. The van der Waals surface area contributed by atoms with E-state index >= 15 is 0 Å². The Labute approximate surface area is 121 Å². The highest BCUT2D eigenvalue weighted by atomic mass is 32.2. The van der Waals surface area contributed by atoms with Crippen LogP contribution in [0.1, 0.15) is 18.3 Å². The van der Waals surface area contributed by atoms with E-state index in [0.29, 0.717) is 17.1 Å². The van der Waals surface area contributed by atoms with E-state index in [4.69, 9.17) is 5.11 Å². The number of aliphatic hydroxyl groups excluding tert-OH is 1. The molecule has 2 aromatic rings. The van der Waals surface area contributed by atoms with Gasteiger partial charge in [0.15, 0.2) is 0 Å². The second-order valence-electron chi connectivity index (χ2n) is 4.35. The second-order valence-corrected chi connectivity index (χ2v) is 6.03. The van der Waals surface area contributed by atoms with Crippen LogP contribution in [0, 0.1) is 6.92 Å². The van der Waals surface area contributed by atoms with Gasteiger partial charge in [-0.15, -0.1) is 5.10 Å². The summed E-state index contributed by atoms with van der Waals surface area (Å²) in [5.74, 6) is -0.654. The molecule has 9 heteroatoms. The Morgan fingerprint density at radius 2 is 1.95 bits per heavy atom. The van der Waals surface area contributed by atoms with Gasteiger partial charge in [-0.2, -0.15) is 0 Å². The van der Waals surface area contributed by atoms with Crippen molar-refractivity contribution in [3.05, 3.63) is 35.7 Å². The molecular formula is C12H14N4O4S. The van der Waals surface area contributed by atoms with E-state index in [1.54, 1.807) is 6.92 Å². The summed E-state index contributed by atoms with van der Waals surface area (Å²) in [4.78, 5) is 10.8. The minimum absolute atomic E-state index is 0.0263. The molecule has 0 aliphatic rings. The van der Waals surface area contributed by atoms with Crippen molar-refractivity contribution in [2.75, 3.05) is 0 Å². The lowest BCUT2D eigenvalue weighted by Crippen LogP contribution is -2.28. The van der Waals surface area contributed by atoms with Gasteiger partial charge in [0.2, 0.25) is 5.91 Å². The summed E-state index contributed by atoms with van der Waals surface area (Å²) in [6, 6.07) is 5.80. The van der Waals surface area contributed by atoms with E-state index in [9.17, 15) is 13.2 Å². The zero-order valence-corrected chi connectivity index (χ0v) is 12.3. The molecule has 0 aliphatic heterocycles. The lowest BCUT2D eigenvalue weighted by Gasteiger charge is -2.07. The number of aromatic nitrogens is 3. The molecule has 2 N–H and O–H groups in total. The van der Waals surface area contributed by atoms with Gasteiger partial charge in [-0.3, -0.25) is 4.79 Å². The van der Waals surface area contributed by atoms with Gasteiger partial charge in [0, 0.05) is 6.92 Å². The van der Waals surface area contributed by atoms with E-state index in [0.717, 1.165) is 6.92 Å². The summed E-state index contributed by atoms with van der Waals surface area (Å²) in [5.41, 5.74) is 1.71. The third-order valence-electron chi connectivity index (χ3n) is 2.81. The van der Waals surface area contributed by atoms with Crippen LogP contribution in [0.5, 0.6) is 0 Å². The van der Waals surface area contributed by atoms with Crippen molar-refractivity contribution in [2.24, 2.45) is 0 Å². The van der Waals surface area contributed by atoms with Gasteiger partial charge >= 0.3 is 0 Å². The second kappa shape index (κ2) is 5.62. The number of carbonyl (C=O) groups is 1. The molecule has 0 unspecified atom stereocenters. The van der Waals surface area contributed by atoms with Gasteiger partial charge in [-0.1, -0.05) is 5.21 Å². The number of nitrogens with one attached hydrogen (secondary N) is 1. The number of hydrogen-bond donors (Lipinski definition) is 2. The van der Waals surface area contributed by atoms with E-state index in [2.05, 4.69) is 10.3 Å². The SMILES string of the molecule is CC(=O)NS(=O)(=O)c1ccc(-n2nnc(CO)c2C)cc1. The van der Waals surface area contributed by atoms with Crippen LogP contribution in [0.25, 0.3) is 5.69 Å². The Balaban J connectivity index is 2.35. The lowest BCUT2D eigenvalue weighted by molar-refractivity contribution is -0.117. The van der Waals surface area contributed by atoms with Crippen molar-refractivity contribution >= 4 is 15.9 Å². The van der Waals surface area contributed by atoms with Crippen molar-refractivity contribution in [3.8, 4) is 5.69 Å². The van der Waals surface area contributed by atoms with Crippen LogP contribution in [0.15, 0.2) is 29.2 Å². The lowest BCUT2D eigenvalue weighted by atomic mass is 10.3. The summed E-state index contributed by atoms with van der Waals surface area (Å²) >= 11 is 0. The van der Waals surface area contributed by atoms with Crippen LogP contribution in [0.4, 0.5) is 0 Å². The number of hydrogen-bond acceptors (Lipinski definition) is 6. The molecule has 1 aromatic carbocycles. The number of amides is 1. The largest absolute Gasteiger partial charge is 0.390 e. The molecular weight excluding hydrogens is 296 g/mol. The summed E-state index contributed by atoms with van der Waals surface area (Å²) in [7, 11) is -3.85. The molecule has 0 spiro atoms. The van der Waals surface area contributed by atoms with Gasteiger partial charge in [0.05, 0.1) is 22.9 Å². The molecule has 0 bridgehead atoms. The zero-order chi connectivity index (χ0) is 15.6. The van der Waals surface area contributed by atoms with Crippen molar-refractivity contribution in [1.29, 1.82) is 0 Å². The van der Waals surface area contributed by atoms with Gasteiger partial charge < -0.3 is 5.11 Å². The van der Waals surface area contributed by atoms with Gasteiger partial charge in [-0.25, -0.2) is 17.8 Å². The molecule has 0 saturated carbocycles. The molecule has 8 nitrogen and oxygen atoms in total. The first kappa shape index (κ1) is 15.1. The number of carbonyl (C=O) groups excluding carboxylic acids is 1. The fourth-order valence-electron chi connectivity index (χ4n) is 1.77. The Morgan fingerprint density at radius 1 is 1.33 bits per heavy atom. The molecule has 1 amide bonds. The number of aliphatic hydroxyl groups is 1. The maximum absolute atomic E-state index is 11.8. The van der Waals surface area contributed by atoms with Crippen molar-refractivity contribution in [1.82, 2.24) is 19.7 Å². The maximum Gasteiger partial charge on any atom is 0.264 e. The van der Waals surface area contributed by atoms with E-state index in [1.807, 2.05) is 4.72 Å². The predicted octanol–water partition coefficient (Wildman–Crippen LogP) is -0.107. The predicted molar refractivity (Wildman–Crippen MR) is 73.0 cm³/mol. The highest BCUT2D eigenvalue weighted by Gasteiger charge is 2.16. The van der Waals surface area contributed by atoms with Crippen LogP contribution in [0.3, 0.4) is 0 Å². The van der Waals surface area contributed by atoms with Crippen LogP contribution in [0.2, 0.25) is 0 Å². The van der Waals surface area contributed by atoms with E-state index < -0.39 is 15.9 Å². The molecule has 0 saturated heterocycles. The normalized spacial score (nSPS) is 11.4. The third-order valence-corrected chi connectivity index (χ3v) is 4.26. The summed E-state index contributed by atoms with van der Waals surface area (Å²) < 4.78 is 27.0. The summed E-state index contributed by atoms with van der Waals surface area (Å²) in [6.07, 6.45) is 0. The van der Waals surface area contributed by atoms with Gasteiger partial charge in [-0.05, 0) is 31.2 Å². The molecule has 2 rings (SSSR count). The first-order chi connectivity index (χ1) is 9.85. The first-order valence-corrected chi connectivity index (χ1v) is 7.49. The number of rotatable bonds is 4. The molecule has 0 atom stereocenters. The van der Waals surface area contributed by atoms with E-state index in [1.165, 1.54) is 28.9 Å². The van der Waals surface area contributed by atoms with Crippen LogP contribution < -0.4 is 4.72 Å². The molecule has 0 fully saturated rings. The zero-order valence-electron chi connectivity index (χ0n) is 11.4. The van der Waals surface area contributed by atoms with Crippen molar-refractivity contribution in [2.45, 2.75) is 25.3 Å². The summed E-state index contributed by atoms with van der Waals surface area (Å²) in [6.45, 7) is 2.65. The molecule has 0 aliphatic carbocycles. The third kappa shape index (κ3) is 3.09. The highest BCUT2D eigenvalue weighted by Crippen LogP contribution is 2.15. The standard InChI is InChI=1S/C12H14N4O4S/c1-8-12(7-17)13-15-16(8)10-3-5-11(6-4-10)21(19,20)14-9(2)18/h3-6,17H,7H2,1-2H3,(H,14,18). The quantitative estimate of drug-likeness (QED) is 0.814. The van der Waals surface area contributed by atoms with Crippen LogP contribution >= 0.6 is 0 Å². The number of nitrogens with zero attached hydrogens (tertiary/aromatic N) is 3. The Bertz CT molecular complexity index is 765. The summed E-state index contributed by atoms with van der Waals surface area (Å²) in [5, 5.41) is 16.8. The minimum Gasteiger partial charge on any atom is -0.390 e. The fourth-order valence-corrected chi connectivity index (χ4v) is 2.76. The Hall–Kier alpha value is -2.26. The number of sulfonamides is 1. The average molecular weight is 310 g/mol. The first-order valence-electron chi connectivity index (χ1n) is 6.01. The number of benzene rings is 1. The van der Waals surface area contributed by atoms with Crippen molar-refractivity contribution in [3.63, 3.8) is 0 Å². The Kier molecular flexibility index (Phi) is 4.05. The maximum atomic E-state index is 11.8. The molecule has 21 heavy (non-hydrogen) atoms. The van der Waals surface area contributed by atoms with Crippen LogP contribution in [-0.2, 0) is 21.4 Å². The van der Waals surface area contributed by atoms with Crippen molar-refractivity contribution < 1.29 is 18.3 Å². The molecule has 112 valence electrons. The average Bonchev–Trinajstić information content (AvgIpc) is 2.78. The highest BCUT2D eigenvalue weighted by molar-refractivity contribution is 7.90. The van der Waals surface area contributed by atoms with E-state index in [-0.39, 0.29) is 11.5 Å². The molecule has 1 aromatic heterocycles. The Morgan fingerprint density at radius 3 is 2.43 bits per heavy atom. The smallest absolute Gasteiger partial charge is 0.264 e. The van der Waals surface area contributed by atoms with Gasteiger partial charge in [0.1, 0.15) is 5.69 Å². The minimum atomic E-state index is -3.85. The molecule has 0 radical (unpaired) electrons. The topological polar surface area (TPSA) is 114 Å².